The SMILES string of the molecule is CC(N)Cc1cnc(N2CCSC(C)(C)CC2)nc1. The first-order valence-electron chi connectivity index (χ1n) is 6.92. The van der Waals surface area contributed by atoms with E-state index in [0.717, 1.165) is 36.8 Å². The van der Waals surface area contributed by atoms with Crippen molar-refractivity contribution in [3.63, 3.8) is 0 Å². The molecule has 0 amide bonds. The van der Waals surface area contributed by atoms with Crippen LogP contribution < -0.4 is 10.6 Å². The molecule has 0 radical (unpaired) electrons. The highest BCUT2D eigenvalue weighted by molar-refractivity contribution is 8.00. The lowest BCUT2D eigenvalue weighted by atomic mass is 10.1. The summed E-state index contributed by atoms with van der Waals surface area (Å²) in [6.07, 6.45) is 5.83. The van der Waals surface area contributed by atoms with E-state index in [1.54, 1.807) is 0 Å². The molecule has 2 N–H and O–H groups in total. The number of thioether (sulfide) groups is 1. The smallest absolute Gasteiger partial charge is 0.225 e. The van der Waals surface area contributed by atoms with Crippen molar-refractivity contribution in [1.82, 2.24) is 9.97 Å². The summed E-state index contributed by atoms with van der Waals surface area (Å²) < 4.78 is 0.365. The number of rotatable bonds is 3. The summed E-state index contributed by atoms with van der Waals surface area (Å²) in [6, 6.07) is 0.157. The number of hydrogen-bond acceptors (Lipinski definition) is 5. The second-order valence-corrected chi connectivity index (χ2v) is 7.72. The van der Waals surface area contributed by atoms with Gasteiger partial charge in [-0.2, -0.15) is 11.8 Å². The van der Waals surface area contributed by atoms with Crippen LogP contribution in [0, 0.1) is 0 Å². The molecule has 0 spiro atoms. The lowest BCUT2D eigenvalue weighted by Gasteiger charge is -2.22. The first-order valence-corrected chi connectivity index (χ1v) is 7.90. The van der Waals surface area contributed by atoms with E-state index in [9.17, 15) is 0 Å². The second kappa shape index (κ2) is 6.09. The average molecular weight is 280 g/mol. The highest BCUT2D eigenvalue weighted by atomic mass is 32.2. The van der Waals surface area contributed by atoms with Gasteiger partial charge in [-0.1, -0.05) is 13.8 Å². The summed E-state index contributed by atoms with van der Waals surface area (Å²) in [5.41, 5.74) is 6.90. The Bertz CT molecular complexity index is 402. The number of nitrogens with zero attached hydrogens (tertiary/aromatic N) is 3. The zero-order chi connectivity index (χ0) is 13.9. The van der Waals surface area contributed by atoms with Crippen molar-refractivity contribution in [1.29, 1.82) is 0 Å². The molecule has 0 aliphatic carbocycles. The molecule has 1 unspecified atom stereocenters. The minimum absolute atomic E-state index is 0.157. The van der Waals surface area contributed by atoms with Gasteiger partial charge >= 0.3 is 0 Å². The molecule has 4 nitrogen and oxygen atoms in total. The number of nitrogens with two attached hydrogens (primary N) is 1. The molecule has 5 heteroatoms. The molecule has 1 aliphatic rings. The van der Waals surface area contributed by atoms with Crippen LogP contribution in [0.2, 0.25) is 0 Å². The van der Waals surface area contributed by atoms with E-state index in [4.69, 9.17) is 5.73 Å². The Balaban J connectivity index is 2.01. The lowest BCUT2D eigenvalue weighted by Crippen LogP contribution is -2.28. The van der Waals surface area contributed by atoms with Gasteiger partial charge in [0.05, 0.1) is 0 Å². The van der Waals surface area contributed by atoms with E-state index < -0.39 is 0 Å². The minimum atomic E-state index is 0.157. The Kier molecular flexibility index (Phi) is 4.68. The van der Waals surface area contributed by atoms with Gasteiger partial charge in [0.15, 0.2) is 0 Å². The van der Waals surface area contributed by atoms with Crippen molar-refractivity contribution in [2.75, 3.05) is 23.7 Å². The Labute approximate surface area is 120 Å². The maximum atomic E-state index is 5.79. The van der Waals surface area contributed by atoms with Gasteiger partial charge < -0.3 is 10.6 Å². The summed E-state index contributed by atoms with van der Waals surface area (Å²) in [4.78, 5) is 11.3. The van der Waals surface area contributed by atoms with Gasteiger partial charge in [-0.05, 0) is 25.3 Å². The van der Waals surface area contributed by atoms with E-state index in [1.165, 1.54) is 6.42 Å². The Morgan fingerprint density at radius 1 is 1.37 bits per heavy atom. The molecule has 1 atom stereocenters. The predicted molar refractivity (Wildman–Crippen MR) is 82.8 cm³/mol. The van der Waals surface area contributed by atoms with E-state index in [1.807, 2.05) is 31.1 Å². The molecule has 1 aliphatic heterocycles. The molecule has 19 heavy (non-hydrogen) atoms. The normalized spacial score (nSPS) is 20.9. The third-order valence-electron chi connectivity index (χ3n) is 3.37. The minimum Gasteiger partial charge on any atom is -0.340 e. The van der Waals surface area contributed by atoms with Gasteiger partial charge in [0, 0.05) is 42.0 Å². The zero-order valence-electron chi connectivity index (χ0n) is 12.1. The highest BCUT2D eigenvalue weighted by Crippen LogP contribution is 2.31. The third-order valence-corrected chi connectivity index (χ3v) is 4.74. The standard InChI is InChI=1S/C14H24N4S/c1-11(15)8-12-9-16-13(17-10-12)18-5-4-14(2,3)19-7-6-18/h9-11H,4-8,15H2,1-3H3. The second-order valence-electron chi connectivity index (χ2n) is 5.92. The highest BCUT2D eigenvalue weighted by Gasteiger charge is 2.24. The molecule has 0 bridgehead atoms. The van der Waals surface area contributed by atoms with Crippen LogP contribution in [-0.4, -0.2) is 39.6 Å². The van der Waals surface area contributed by atoms with Crippen LogP contribution in [-0.2, 0) is 6.42 Å². The first-order chi connectivity index (χ1) is 8.96. The average Bonchev–Trinajstić information content (AvgIpc) is 2.51. The largest absolute Gasteiger partial charge is 0.340 e. The molecule has 1 aromatic rings. The van der Waals surface area contributed by atoms with Gasteiger partial charge in [-0.25, -0.2) is 9.97 Å². The van der Waals surface area contributed by atoms with E-state index in [2.05, 4.69) is 28.7 Å². The van der Waals surface area contributed by atoms with E-state index >= 15 is 0 Å². The van der Waals surface area contributed by atoms with Gasteiger partial charge in [-0.3, -0.25) is 0 Å². The van der Waals surface area contributed by atoms with Gasteiger partial charge in [0.25, 0.3) is 0 Å². The topological polar surface area (TPSA) is 55.0 Å². The molecule has 1 aromatic heterocycles. The van der Waals surface area contributed by atoms with Crippen LogP contribution in [0.4, 0.5) is 5.95 Å². The molecule has 106 valence electrons. The number of aromatic nitrogens is 2. The maximum absolute atomic E-state index is 5.79. The summed E-state index contributed by atoms with van der Waals surface area (Å²) in [5.74, 6) is 1.99. The third kappa shape index (κ3) is 4.35. The maximum Gasteiger partial charge on any atom is 0.225 e. The van der Waals surface area contributed by atoms with Crippen LogP contribution in [0.5, 0.6) is 0 Å². The number of anilines is 1. The van der Waals surface area contributed by atoms with Crippen molar-refractivity contribution in [2.24, 2.45) is 5.73 Å². The summed E-state index contributed by atoms with van der Waals surface area (Å²) in [7, 11) is 0. The van der Waals surface area contributed by atoms with Crippen LogP contribution in [0.15, 0.2) is 12.4 Å². The van der Waals surface area contributed by atoms with E-state index in [-0.39, 0.29) is 6.04 Å². The molecular formula is C14H24N4S. The van der Waals surface area contributed by atoms with Gasteiger partial charge in [-0.15, -0.1) is 0 Å². The Morgan fingerprint density at radius 3 is 2.68 bits per heavy atom. The predicted octanol–water partition coefficient (Wildman–Crippen LogP) is 2.09. The molecule has 0 aromatic carbocycles. The molecule has 2 heterocycles. The molecule has 0 saturated carbocycles. The van der Waals surface area contributed by atoms with Crippen molar-refractivity contribution in [3.05, 3.63) is 18.0 Å². The van der Waals surface area contributed by atoms with Crippen LogP contribution in [0.1, 0.15) is 32.8 Å². The summed E-state index contributed by atoms with van der Waals surface area (Å²) in [5, 5.41) is 0. The molecular weight excluding hydrogens is 256 g/mol. The lowest BCUT2D eigenvalue weighted by molar-refractivity contribution is 0.631. The van der Waals surface area contributed by atoms with Crippen molar-refractivity contribution < 1.29 is 0 Å². The molecule has 1 saturated heterocycles. The molecule has 1 fully saturated rings. The molecule has 2 rings (SSSR count). The monoisotopic (exact) mass is 280 g/mol. The summed E-state index contributed by atoms with van der Waals surface area (Å²) >= 11 is 2.04. The first kappa shape index (κ1) is 14.6. The van der Waals surface area contributed by atoms with Crippen molar-refractivity contribution in [2.45, 2.75) is 44.4 Å². The van der Waals surface area contributed by atoms with Crippen LogP contribution in [0.3, 0.4) is 0 Å². The van der Waals surface area contributed by atoms with Gasteiger partial charge in [0.1, 0.15) is 0 Å². The van der Waals surface area contributed by atoms with Crippen molar-refractivity contribution in [3.8, 4) is 0 Å². The van der Waals surface area contributed by atoms with Crippen LogP contribution in [0.25, 0.3) is 0 Å². The fourth-order valence-electron chi connectivity index (χ4n) is 2.21. The summed E-state index contributed by atoms with van der Waals surface area (Å²) in [6.45, 7) is 8.69. The Hall–Kier alpha value is -0.810. The Morgan fingerprint density at radius 2 is 2.05 bits per heavy atom. The fraction of sp³-hybridized carbons (Fsp3) is 0.714. The zero-order valence-corrected chi connectivity index (χ0v) is 12.9. The van der Waals surface area contributed by atoms with Gasteiger partial charge in [0.2, 0.25) is 5.95 Å². The van der Waals surface area contributed by atoms with Crippen LogP contribution >= 0.6 is 11.8 Å². The van der Waals surface area contributed by atoms with Crippen molar-refractivity contribution >= 4 is 17.7 Å². The van der Waals surface area contributed by atoms with E-state index in [0.29, 0.717) is 4.75 Å². The fourth-order valence-corrected chi connectivity index (χ4v) is 3.31. The quantitative estimate of drug-likeness (QED) is 0.919. The number of hydrogen-bond donors (Lipinski definition) is 1.